The molecule has 1 unspecified atom stereocenters. The zero-order valence-corrected chi connectivity index (χ0v) is 17.5. The molecule has 0 saturated carbocycles. The van der Waals surface area contributed by atoms with Crippen LogP contribution in [0.1, 0.15) is 12.8 Å². The zero-order valence-electron chi connectivity index (χ0n) is 16.7. The number of piperazine rings is 1. The molecule has 0 aromatic heterocycles. The van der Waals surface area contributed by atoms with Crippen LogP contribution in [0.4, 0.5) is 4.79 Å². The van der Waals surface area contributed by atoms with E-state index in [0.717, 1.165) is 0 Å². The number of carbonyl (C=O) groups excluding carboxylic acids is 3. The van der Waals surface area contributed by atoms with E-state index in [-0.39, 0.29) is 49.8 Å². The fourth-order valence-corrected chi connectivity index (χ4v) is 4.83. The van der Waals surface area contributed by atoms with Crippen LogP contribution < -0.4 is 20.1 Å². The molecule has 4 amide bonds. The molecule has 1 aromatic carbocycles. The van der Waals surface area contributed by atoms with Gasteiger partial charge in [-0.05, 0) is 18.6 Å². The Labute approximate surface area is 174 Å². The summed E-state index contributed by atoms with van der Waals surface area (Å²) < 4.78 is 37.5. The average Bonchev–Trinajstić information content (AvgIpc) is 3.08. The Balaban J connectivity index is 1.57. The van der Waals surface area contributed by atoms with Gasteiger partial charge in [0.05, 0.1) is 19.1 Å². The molecule has 0 bridgehead atoms. The first-order valence-corrected chi connectivity index (χ1v) is 10.8. The Morgan fingerprint density at radius 1 is 1.10 bits per heavy atom. The molecule has 2 N–H and O–H groups in total. The number of hydrogen-bond acceptors (Lipinski definition) is 7. The first kappa shape index (κ1) is 21.8. The van der Waals surface area contributed by atoms with Crippen LogP contribution in [0.2, 0.25) is 0 Å². The number of nitrogens with one attached hydrogen (secondary N) is 2. The highest BCUT2D eigenvalue weighted by molar-refractivity contribution is 7.89. The number of nitrogens with zero attached hydrogens (tertiary/aromatic N) is 2. The van der Waals surface area contributed by atoms with Gasteiger partial charge in [-0.3, -0.25) is 14.9 Å². The van der Waals surface area contributed by atoms with Gasteiger partial charge in [-0.15, -0.1) is 0 Å². The van der Waals surface area contributed by atoms with Crippen molar-refractivity contribution < 1.29 is 32.3 Å². The normalized spacial score (nSPS) is 19.9. The second-order valence-corrected chi connectivity index (χ2v) is 8.79. The minimum absolute atomic E-state index is 0.0841. The van der Waals surface area contributed by atoms with Gasteiger partial charge in [0.25, 0.3) is 5.91 Å². The lowest BCUT2D eigenvalue weighted by atomic mass is 10.1. The van der Waals surface area contributed by atoms with Crippen molar-refractivity contribution in [3.05, 3.63) is 18.2 Å². The number of amides is 4. The van der Waals surface area contributed by atoms with Gasteiger partial charge >= 0.3 is 6.03 Å². The standard InChI is InChI=1S/C18H24N4O7S/c1-28-14-5-3-12(11-15(14)29-2)30(26,27)22-9-7-21(8-10-22)16(23)6-4-13-17(24)20-18(25)19-13/h3,5,11,13H,4,6-10H2,1-2H3,(H2,19,20,24,25). The maximum atomic E-state index is 12.9. The average molecular weight is 440 g/mol. The highest BCUT2D eigenvalue weighted by Gasteiger charge is 2.33. The summed E-state index contributed by atoms with van der Waals surface area (Å²) in [5.41, 5.74) is 0. The summed E-state index contributed by atoms with van der Waals surface area (Å²) in [6, 6.07) is 3.12. The van der Waals surface area contributed by atoms with E-state index in [9.17, 15) is 22.8 Å². The number of hydrogen-bond donors (Lipinski definition) is 2. The van der Waals surface area contributed by atoms with E-state index in [1.165, 1.54) is 36.7 Å². The molecule has 3 rings (SSSR count). The highest BCUT2D eigenvalue weighted by atomic mass is 32.2. The van der Waals surface area contributed by atoms with E-state index >= 15 is 0 Å². The molecule has 1 aromatic rings. The van der Waals surface area contributed by atoms with Gasteiger partial charge < -0.3 is 19.7 Å². The summed E-state index contributed by atoms with van der Waals surface area (Å²) in [6.07, 6.45) is 0.279. The van der Waals surface area contributed by atoms with Crippen molar-refractivity contribution in [2.45, 2.75) is 23.8 Å². The predicted molar refractivity (Wildman–Crippen MR) is 105 cm³/mol. The molecular formula is C18H24N4O7S. The summed E-state index contributed by atoms with van der Waals surface area (Å²) in [6.45, 7) is 0.801. The van der Waals surface area contributed by atoms with Crippen LogP contribution >= 0.6 is 0 Å². The third-order valence-electron chi connectivity index (χ3n) is 5.09. The Morgan fingerprint density at radius 2 is 1.77 bits per heavy atom. The lowest BCUT2D eigenvalue weighted by Crippen LogP contribution is -2.50. The largest absolute Gasteiger partial charge is 0.493 e. The van der Waals surface area contributed by atoms with E-state index in [1.54, 1.807) is 4.90 Å². The van der Waals surface area contributed by atoms with Crippen molar-refractivity contribution in [2.75, 3.05) is 40.4 Å². The molecule has 30 heavy (non-hydrogen) atoms. The summed E-state index contributed by atoms with van der Waals surface area (Å²) in [7, 11) is -0.851. The van der Waals surface area contributed by atoms with Crippen molar-refractivity contribution >= 4 is 27.9 Å². The molecule has 2 aliphatic rings. The number of benzene rings is 1. The molecule has 1 atom stereocenters. The predicted octanol–water partition coefficient (Wildman–Crippen LogP) is -0.475. The van der Waals surface area contributed by atoms with E-state index in [4.69, 9.17) is 9.47 Å². The van der Waals surface area contributed by atoms with Crippen LogP contribution in [-0.4, -0.2) is 81.9 Å². The van der Waals surface area contributed by atoms with Gasteiger partial charge in [0.15, 0.2) is 11.5 Å². The first-order chi connectivity index (χ1) is 14.3. The number of ether oxygens (including phenoxy) is 2. The summed E-state index contributed by atoms with van der Waals surface area (Å²) >= 11 is 0. The molecule has 2 fully saturated rings. The van der Waals surface area contributed by atoms with Crippen LogP contribution in [0, 0.1) is 0 Å². The number of urea groups is 1. The molecule has 0 radical (unpaired) electrons. The van der Waals surface area contributed by atoms with Gasteiger partial charge in [-0.1, -0.05) is 0 Å². The molecule has 2 aliphatic heterocycles. The maximum absolute atomic E-state index is 12.9. The van der Waals surface area contributed by atoms with Crippen LogP contribution in [0.3, 0.4) is 0 Å². The van der Waals surface area contributed by atoms with E-state index in [2.05, 4.69) is 10.6 Å². The van der Waals surface area contributed by atoms with Crippen molar-refractivity contribution in [3.63, 3.8) is 0 Å². The van der Waals surface area contributed by atoms with Gasteiger partial charge in [-0.2, -0.15) is 4.31 Å². The summed E-state index contributed by atoms with van der Waals surface area (Å²) in [5.74, 6) is 0.111. The SMILES string of the molecule is COc1ccc(S(=O)(=O)N2CCN(C(=O)CCC3NC(=O)NC3=O)CC2)cc1OC. The number of sulfonamides is 1. The third-order valence-corrected chi connectivity index (χ3v) is 6.98. The number of imide groups is 1. The minimum Gasteiger partial charge on any atom is -0.493 e. The first-order valence-electron chi connectivity index (χ1n) is 9.37. The van der Waals surface area contributed by atoms with Gasteiger partial charge in [-0.25, -0.2) is 13.2 Å². The van der Waals surface area contributed by atoms with Gasteiger partial charge in [0.1, 0.15) is 6.04 Å². The molecule has 12 heteroatoms. The van der Waals surface area contributed by atoms with Gasteiger partial charge in [0, 0.05) is 38.7 Å². The number of methoxy groups -OCH3 is 2. The summed E-state index contributed by atoms with van der Waals surface area (Å²) in [4.78, 5) is 36.7. The second-order valence-electron chi connectivity index (χ2n) is 6.86. The fourth-order valence-electron chi connectivity index (χ4n) is 3.39. The molecule has 164 valence electrons. The van der Waals surface area contributed by atoms with E-state index in [0.29, 0.717) is 11.5 Å². The fraction of sp³-hybridized carbons (Fsp3) is 0.500. The molecule has 2 heterocycles. The lowest BCUT2D eigenvalue weighted by Gasteiger charge is -2.34. The van der Waals surface area contributed by atoms with E-state index < -0.39 is 28.0 Å². The third kappa shape index (κ3) is 4.49. The van der Waals surface area contributed by atoms with Gasteiger partial charge in [0.2, 0.25) is 15.9 Å². The Morgan fingerprint density at radius 3 is 2.33 bits per heavy atom. The van der Waals surface area contributed by atoms with Crippen molar-refractivity contribution in [3.8, 4) is 11.5 Å². The van der Waals surface area contributed by atoms with Crippen LogP contribution in [0.25, 0.3) is 0 Å². The van der Waals surface area contributed by atoms with Crippen molar-refractivity contribution in [1.82, 2.24) is 19.8 Å². The minimum atomic E-state index is -3.75. The number of rotatable bonds is 7. The van der Waals surface area contributed by atoms with Crippen LogP contribution in [0.15, 0.2) is 23.1 Å². The Hall–Kier alpha value is -2.86. The topological polar surface area (TPSA) is 134 Å². The molecule has 0 aliphatic carbocycles. The van der Waals surface area contributed by atoms with Crippen molar-refractivity contribution in [1.29, 1.82) is 0 Å². The van der Waals surface area contributed by atoms with Crippen LogP contribution in [-0.2, 0) is 19.6 Å². The smallest absolute Gasteiger partial charge is 0.322 e. The molecule has 0 spiro atoms. The molecular weight excluding hydrogens is 416 g/mol. The monoisotopic (exact) mass is 440 g/mol. The van der Waals surface area contributed by atoms with Crippen molar-refractivity contribution in [2.24, 2.45) is 0 Å². The van der Waals surface area contributed by atoms with Crippen LogP contribution in [0.5, 0.6) is 11.5 Å². The van der Waals surface area contributed by atoms with E-state index in [1.807, 2.05) is 0 Å². The highest BCUT2D eigenvalue weighted by Crippen LogP contribution is 2.30. The molecule has 2 saturated heterocycles. The molecule has 11 nitrogen and oxygen atoms in total. The second kappa shape index (κ2) is 8.88. The quantitative estimate of drug-likeness (QED) is 0.547. The number of carbonyl (C=O) groups is 3. The Kier molecular flexibility index (Phi) is 6.46. The maximum Gasteiger partial charge on any atom is 0.322 e. The Bertz CT molecular complexity index is 942. The zero-order chi connectivity index (χ0) is 21.9. The summed E-state index contributed by atoms with van der Waals surface area (Å²) in [5, 5.41) is 4.57. The lowest BCUT2D eigenvalue weighted by molar-refractivity contribution is -0.132.